The molecule has 0 heterocycles. The van der Waals surface area contributed by atoms with Crippen LogP contribution in [0.1, 0.15) is 12.5 Å². The summed E-state index contributed by atoms with van der Waals surface area (Å²) in [4.78, 5) is 12.2. The second kappa shape index (κ2) is 8.85. The molecule has 0 aliphatic rings. The number of carbonyl (C=O) groups is 1. The zero-order chi connectivity index (χ0) is 19.1. The van der Waals surface area contributed by atoms with E-state index in [2.05, 4.69) is 5.32 Å². The number of anilines is 1. The molecule has 1 atom stereocenters. The highest BCUT2D eigenvalue weighted by atomic mass is 19.1. The Labute approximate surface area is 157 Å². The molecule has 27 heavy (non-hydrogen) atoms. The molecule has 0 aliphatic carbocycles. The van der Waals surface area contributed by atoms with Gasteiger partial charge in [0.05, 0.1) is 0 Å². The summed E-state index contributed by atoms with van der Waals surface area (Å²) in [7, 11) is 0. The third kappa shape index (κ3) is 5.31. The van der Waals surface area contributed by atoms with Crippen molar-refractivity contribution in [3.63, 3.8) is 0 Å². The van der Waals surface area contributed by atoms with Crippen LogP contribution in [0.5, 0.6) is 11.5 Å². The lowest BCUT2D eigenvalue weighted by Gasteiger charge is -2.15. The summed E-state index contributed by atoms with van der Waals surface area (Å²) >= 11 is 0. The fourth-order valence-corrected chi connectivity index (χ4v) is 2.40. The highest BCUT2D eigenvalue weighted by Gasteiger charge is 2.16. The van der Waals surface area contributed by atoms with E-state index < -0.39 is 11.9 Å². The number of rotatable bonds is 7. The fraction of sp³-hybridized carbons (Fsp3) is 0.136. The summed E-state index contributed by atoms with van der Waals surface area (Å²) in [6, 6.07) is 22.9. The SMILES string of the molecule is C[C@H](Oc1ccccc1F)C(=O)Nc1ccc(OCc2ccccc2)cc1. The van der Waals surface area contributed by atoms with Gasteiger partial charge in [0, 0.05) is 5.69 Å². The van der Waals surface area contributed by atoms with Crippen molar-refractivity contribution in [3.05, 3.63) is 90.2 Å². The zero-order valence-corrected chi connectivity index (χ0v) is 14.9. The van der Waals surface area contributed by atoms with E-state index in [4.69, 9.17) is 9.47 Å². The number of ether oxygens (including phenoxy) is 2. The number of halogens is 1. The number of hydrogen-bond acceptors (Lipinski definition) is 3. The molecule has 4 nitrogen and oxygen atoms in total. The van der Waals surface area contributed by atoms with Crippen LogP contribution in [0.2, 0.25) is 0 Å². The van der Waals surface area contributed by atoms with E-state index in [0.29, 0.717) is 18.0 Å². The van der Waals surface area contributed by atoms with Gasteiger partial charge >= 0.3 is 0 Å². The molecule has 5 heteroatoms. The van der Waals surface area contributed by atoms with Crippen LogP contribution in [-0.4, -0.2) is 12.0 Å². The number of nitrogens with one attached hydrogen (secondary N) is 1. The van der Waals surface area contributed by atoms with Gasteiger partial charge in [-0.25, -0.2) is 4.39 Å². The monoisotopic (exact) mass is 365 g/mol. The minimum absolute atomic E-state index is 0.0461. The van der Waals surface area contributed by atoms with Crippen molar-refractivity contribution in [1.82, 2.24) is 0 Å². The Bertz CT molecular complexity index is 882. The molecule has 0 spiro atoms. The molecule has 0 bridgehead atoms. The molecule has 0 unspecified atom stereocenters. The first-order chi connectivity index (χ1) is 13.1. The smallest absolute Gasteiger partial charge is 0.265 e. The molecule has 138 valence electrons. The average Bonchev–Trinajstić information content (AvgIpc) is 2.70. The van der Waals surface area contributed by atoms with Crippen LogP contribution >= 0.6 is 0 Å². The van der Waals surface area contributed by atoms with Crippen LogP contribution in [-0.2, 0) is 11.4 Å². The van der Waals surface area contributed by atoms with Crippen molar-refractivity contribution in [1.29, 1.82) is 0 Å². The molecule has 0 aliphatic heterocycles. The first kappa shape index (κ1) is 18.5. The van der Waals surface area contributed by atoms with Gasteiger partial charge in [0.1, 0.15) is 12.4 Å². The molecule has 3 rings (SSSR count). The maximum Gasteiger partial charge on any atom is 0.265 e. The van der Waals surface area contributed by atoms with E-state index in [0.717, 1.165) is 5.56 Å². The quantitative estimate of drug-likeness (QED) is 0.654. The minimum atomic E-state index is -0.837. The molecule has 1 amide bonds. The highest BCUT2D eigenvalue weighted by Crippen LogP contribution is 2.19. The summed E-state index contributed by atoms with van der Waals surface area (Å²) in [5.41, 5.74) is 1.69. The third-order valence-electron chi connectivity index (χ3n) is 3.88. The van der Waals surface area contributed by atoms with Crippen LogP contribution < -0.4 is 14.8 Å². The molecule has 0 radical (unpaired) electrons. The lowest BCUT2D eigenvalue weighted by atomic mass is 10.2. The second-order valence-electron chi connectivity index (χ2n) is 5.98. The summed E-state index contributed by atoms with van der Waals surface area (Å²) in [6.07, 6.45) is -0.837. The van der Waals surface area contributed by atoms with Gasteiger partial charge in [0.15, 0.2) is 17.7 Å². The maximum atomic E-state index is 13.6. The average molecular weight is 365 g/mol. The second-order valence-corrected chi connectivity index (χ2v) is 5.98. The summed E-state index contributed by atoms with van der Waals surface area (Å²) in [5.74, 6) is -0.120. The van der Waals surface area contributed by atoms with Gasteiger partial charge in [-0.3, -0.25) is 4.79 Å². The standard InChI is InChI=1S/C22H20FNO3/c1-16(27-21-10-6-5-9-20(21)23)22(25)24-18-11-13-19(14-12-18)26-15-17-7-3-2-4-8-17/h2-14,16H,15H2,1H3,(H,24,25)/t16-/m0/s1. The number of carbonyl (C=O) groups excluding carboxylic acids is 1. The van der Waals surface area contributed by atoms with Gasteiger partial charge < -0.3 is 14.8 Å². The molecule has 0 saturated heterocycles. The zero-order valence-electron chi connectivity index (χ0n) is 14.9. The summed E-state index contributed by atoms with van der Waals surface area (Å²) < 4.78 is 24.7. The first-order valence-corrected chi connectivity index (χ1v) is 8.60. The van der Waals surface area contributed by atoms with Gasteiger partial charge in [0.25, 0.3) is 5.91 Å². The summed E-state index contributed by atoms with van der Waals surface area (Å²) in [5, 5.41) is 2.74. The summed E-state index contributed by atoms with van der Waals surface area (Å²) in [6.45, 7) is 2.04. The van der Waals surface area contributed by atoms with E-state index in [-0.39, 0.29) is 11.7 Å². The predicted octanol–water partition coefficient (Wildman–Crippen LogP) is 4.81. The fourth-order valence-electron chi connectivity index (χ4n) is 2.40. The molecular weight excluding hydrogens is 345 g/mol. The predicted molar refractivity (Wildman–Crippen MR) is 102 cm³/mol. The van der Waals surface area contributed by atoms with E-state index in [9.17, 15) is 9.18 Å². The third-order valence-corrected chi connectivity index (χ3v) is 3.88. The maximum absolute atomic E-state index is 13.6. The number of benzene rings is 3. The van der Waals surface area contributed by atoms with Crippen molar-refractivity contribution < 1.29 is 18.7 Å². The van der Waals surface area contributed by atoms with Crippen LogP contribution in [0.3, 0.4) is 0 Å². The number of amides is 1. The van der Waals surface area contributed by atoms with E-state index in [1.807, 2.05) is 30.3 Å². The van der Waals surface area contributed by atoms with Gasteiger partial charge in [-0.15, -0.1) is 0 Å². The number of hydrogen-bond donors (Lipinski definition) is 1. The normalized spacial score (nSPS) is 11.5. The van der Waals surface area contributed by atoms with Crippen LogP contribution in [0.15, 0.2) is 78.9 Å². The number of para-hydroxylation sites is 1. The topological polar surface area (TPSA) is 47.6 Å². The molecule has 0 fully saturated rings. The van der Waals surface area contributed by atoms with Crippen LogP contribution in [0.4, 0.5) is 10.1 Å². The molecular formula is C22H20FNO3. The van der Waals surface area contributed by atoms with Crippen molar-refractivity contribution in [2.45, 2.75) is 19.6 Å². The van der Waals surface area contributed by atoms with Crippen molar-refractivity contribution in [2.75, 3.05) is 5.32 Å². The van der Waals surface area contributed by atoms with Gasteiger partial charge in [-0.05, 0) is 48.9 Å². The lowest BCUT2D eigenvalue weighted by molar-refractivity contribution is -0.122. The Morgan fingerprint density at radius 1 is 0.963 bits per heavy atom. The Morgan fingerprint density at radius 2 is 1.63 bits per heavy atom. The minimum Gasteiger partial charge on any atom is -0.489 e. The largest absolute Gasteiger partial charge is 0.489 e. The Balaban J connectivity index is 1.52. The Morgan fingerprint density at radius 3 is 2.33 bits per heavy atom. The molecule has 0 saturated carbocycles. The van der Waals surface area contributed by atoms with Gasteiger partial charge in [0.2, 0.25) is 0 Å². The first-order valence-electron chi connectivity index (χ1n) is 8.60. The van der Waals surface area contributed by atoms with Crippen LogP contribution in [0, 0.1) is 5.82 Å². The molecule has 3 aromatic carbocycles. The van der Waals surface area contributed by atoms with Crippen molar-refractivity contribution in [2.24, 2.45) is 0 Å². The highest BCUT2D eigenvalue weighted by molar-refractivity contribution is 5.94. The Kier molecular flexibility index (Phi) is 6.05. The van der Waals surface area contributed by atoms with Crippen molar-refractivity contribution in [3.8, 4) is 11.5 Å². The Hall–Kier alpha value is -3.34. The van der Waals surface area contributed by atoms with Crippen LogP contribution in [0.25, 0.3) is 0 Å². The molecule has 3 aromatic rings. The van der Waals surface area contributed by atoms with E-state index in [1.165, 1.54) is 12.1 Å². The van der Waals surface area contributed by atoms with Gasteiger partial charge in [-0.1, -0.05) is 42.5 Å². The molecule has 0 aromatic heterocycles. The lowest BCUT2D eigenvalue weighted by Crippen LogP contribution is -2.30. The van der Waals surface area contributed by atoms with Gasteiger partial charge in [-0.2, -0.15) is 0 Å². The van der Waals surface area contributed by atoms with E-state index >= 15 is 0 Å². The molecule has 1 N–H and O–H groups in total. The van der Waals surface area contributed by atoms with E-state index in [1.54, 1.807) is 43.3 Å². The van der Waals surface area contributed by atoms with Crippen molar-refractivity contribution >= 4 is 11.6 Å².